The van der Waals surface area contributed by atoms with Gasteiger partial charge in [-0.3, -0.25) is 4.57 Å². The molecule has 0 bridgehead atoms. The molecule has 4 rings (SSSR count). The molecule has 0 N–H and O–H groups in total. The Labute approximate surface area is 147 Å². The topological polar surface area (TPSA) is 30.7 Å². The van der Waals surface area contributed by atoms with E-state index in [2.05, 4.69) is 76.9 Å². The predicted octanol–water partition coefficient (Wildman–Crippen LogP) is 5.47. The lowest BCUT2D eigenvalue weighted by atomic mass is 10.1. The van der Waals surface area contributed by atoms with Gasteiger partial charge in [-0.25, -0.2) is 9.97 Å². The number of rotatable bonds is 4. The summed E-state index contributed by atoms with van der Waals surface area (Å²) in [4.78, 5) is 8.96. The van der Waals surface area contributed by atoms with Crippen molar-refractivity contribution in [1.29, 1.82) is 0 Å². The summed E-state index contributed by atoms with van der Waals surface area (Å²) in [5.41, 5.74) is 5.02. The third-order valence-corrected chi connectivity index (χ3v) is 4.48. The summed E-state index contributed by atoms with van der Waals surface area (Å²) in [7, 11) is 0. The first-order valence-corrected chi connectivity index (χ1v) is 8.67. The van der Waals surface area contributed by atoms with Crippen LogP contribution in [0.15, 0.2) is 72.6 Å². The number of nitrogens with zero attached hydrogens (tertiary/aromatic N) is 3. The van der Waals surface area contributed by atoms with Gasteiger partial charge >= 0.3 is 0 Å². The molecule has 0 unspecified atom stereocenters. The molecule has 0 amide bonds. The van der Waals surface area contributed by atoms with Crippen LogP contribution in [0.3, 0.4) is 0 Å². The average molecular weight is 327 g/mol. The highest BCUT2D eigenvalue weighted by atomic mass is 15.1. The van der Waals surface area contributed by atoms with E-state index in [1.165, 1.54) is 27.4 Å². The molecule has 0 saturated heterocycles. The molecular weight excluding hydrogens is 306 g/mol. The number of hydrogen-bond donors (Lipinski definition) is 0. The maximum Gasteiger partial charge on any atom is 0.234 e. The zero-order chi connectivity index (χ0) is 17.2. The first-order chi connectivity index (χ1) is 12.2. The fraction of sp³-hybridized carbons (Fsp3) is 0.182. The van der Waals surface area contributed by atoms with Gasteiger partial charge in [-0.15, -0.1) is 0 Å². The molecule has 25 heavy (non-hydrogen) atoms. The van der Waals surface area contributed by atoms with Gasteiger partial charge in [0.1, 0.15) is 0 Å². The van der Waals surface area contributed by atoms with Crippen LogP contribution in [-0.4, -0.2) is 14.5 Å². The van der Waals surface area contributed by atoms with E-state index in [0.717, 1.165) is 24.3 Å². The Balaban J connectivity index is 1.91. The van der Waals surface area contributed by atoms with Crippen molar-refractivity contribution >= 4 is 21.8 Å². The van der Waals surface area contributed by atoms with E-state index < -0.39 is 0 Å². The quantitative estimate of drug-likeness (QED) is 0.465. The number of hydrogen-bond acceptors (Lipinski definition) is 2. The maximum absolute atomic E-state index is 4.48. The van der Waals surface area contributed by atoms with Gasteiger partial charge in [0.25, 0.3) is 0 Å². The number of aryl methyl sites for hydroxylation is 1. The lowest BCUT2D eigenvalue weighted by Crippen LogP contribution is -1.99. The lowest BCUT2D eigenvalue weighted by molar-refractivity contribution is 0.974. The molecule has 2 heterocycles. The molecule has 0 aliphatic heterocycles. The third-order valence-electron chi connectivity index (χ3n) is 4.48. The van der Waals surface area contributed by atoms with E-state index in [1.807, 2.05) is 6.07 Å². The standard InChI is InChI=1S/C22H21N3/c1-16(2)7-5-8-17-11-12-19-18-9-3-4-10-20(18)25(21(19)15-17)22-23-13-6-14-24-22/h3-4,6-7,9-15H,5,8H2,1-2H3. The van der Waals surface area contributed by atoms with Gasteiger partial charge in [-0.1, -0.05) is 42.0 Å². The Kier molecular flexibility index (Phi) is 4.06. The van der Waals surface area contributed by atoms with E-state index >= 15 is 0 Å². The molecule has 0 spiro atoms. The molecule has 2 aromatic carbocycles. The monoisotopic (exact) mass is 327 g/mol. The second-order valence-electron chi connectivity index (χ2n) is 6.57. The fourth-order valence-electron chi connectivity index (χ4n) is 3.32. The molecule has 0 fully saturated rings. The van der Waals surface area contributed by atoms with Crippen LogP contribution in [0.25, 0.3) is 27.8 Å². The lowest BCUT2D eigenvalue weighted by Gasteiger charge is -2.06. The highest BCUT2D eigenvalue weighted by Crippen LogP contribution is 2.31. The van der Waals surface area contributed by atoms with Crippen LogP contribution in [0.2, 0.25) is 0 Å². The molecule has 0 aliphatic rings. The highest BCUT2D eigenvalue weighted by Gasteiger charge is 2.13. The number of aromatic nitrogens is 3. The minimum atomic E-state index is 0.718. The normalized spacial score (nSPS) is 11.1. The first kappa shape index (κ1) is 15.6. The Morgan fingerprint density at radius 1 is 0.920 bits per heavy atom. The SMILES string of the molecule is CC(C)=CCCc1ccc2c3ccccc3n(-c3ncccn3)c2c1. The summed E-state index contributed by atoms with van der Waals surface area (Å²) in [6.45, 7) is 4.29. The van der Waals surface area contributed by atoms with Gasteiger partial charge in [-0.05, 0) is 50.5 Å². The number of para-hydroxylation sites is 1. The van der Waals surface area contributed by atoms with Gasteiger partial charge in [-0.2, -0.15) is 0 Å². The smallest absolute Gasteiger partial charge is 0.234 e. The molecule has 3 nitrogen and oxygen atoms in total. The molecule has 0 aliphatic carbocycles. The Morgan fingerprint density at radius 3 is 2.48 bits per heavy atom. The zero-order valence-corrected chi connectivity index (χ0v) is 14.6. The van der Waals surface area contributed by atoms with Gasteiger partial charge in [0.15, 0.2) is 0 Å². The summed E-state index contributed by atoms with van der Waals surface area (Å²) < 4.78 is 2.16. The van der Waals surface area contributed by atoms with Gasteiger partial charge in [0.2, 0.25) is 5.95 Å². The van der Waals surface area contributed by atoms with Crippen LogP contribution in [0, 0.1) is 0 Å². The summed E-state index contributed by atoms with van der Waals surface area (Å²) in [5, 5.41) is 2.48. The van der Waals surface area contributed by atoms with Crippen LogP contribution < -0.4 is 0 Å². The molecule has 0 radical (unpaired) electrons. The van der Waals surface area contributed by atoms with Crippen LogP contribution >= 0.6 is 0 Å². The molecule has 124 valence electrons. The number of allylic oxidation sites excluding steroid dienone is 2. The van der Waals surface area contributed by atoms with Gasteiger partial charge in [0, 0.05) is 23.2 Å². The van der Waals surface area contributed by atoms with Gasteiger partial charge < -0.3 is 0 Å². The molecule has 2 aromatic heterocycles. The van der Waals surface area contributed by atoms with Crippen molar-refractivity contribution in [3.05, 3.63) is 78.1 Å². The highest BCUT2D eigenvalue weighted by molar-refractivity contribution is 6.09. The van der Waals surface area contributed by atoms with E-state index in [1.54, 1.807) is 12.4 Å². The summed E-state index contributed by atoms with van der Waals surface area (Å²) in [5.74, 6) is 0.718. The maximum atomic E-state index is 4.48. The molecular formula is C22H21N3. The van der Waals surface area contributed by atoms with Crippen LogP contribution in [0.1, 0.15) is 25.8 Å². The minimum Gasteiger partial charge on any atom is -0.278 e. The van der Waals surface area contributed by atoms with Crippen molar-refractivity contribution in [3.8, 4) is 5.95 Å². The summed E-state index contributed by atoms with van der Waals surface area (Å²) >= 11 is 0. The minimum absolute atomic E-state index is 0.718. The van der Waals surface area contributed by atoms with E-state index in [0.29, 0.717) is 0 Å². The number of fused-ring (bicyclic) bond motifs is 3. The third kappa shape index (κ3) is 2.93. The predicted molar refractivity (Wildman–Crippen MR) is 104 cm³/mol. The summed E-state index contributed by atoms with van der Waals surface area (Å²) in [6, 6.07) is 17.1. The van der Waals surface area contributed by atoms with Crippen LogP contribution in [0.5, 0.6) is 0 Å². The van der Waals surface area contributed by atoms with Crippen molar-refractivity contribution in [2.45, 2.75) is 26.7 Å². The van der Waals surface area contributed by atoms with Crippen molar-refractivity contribution in [3.63, 3.8) is 0 Å². The van der Waals surface area contributed by atoms with Crippen molar-refractivity contribution < 1.29 is 0 Å². The summed E-state index contributed by atoms with van der Waals surface area (Å²) in [6.07, 6.45) is 7.98. The van der Waals surface area contributed by atoms with Crippen LogP contribution in [0.4, 0.5) is 0 Å². The largest absolute Gasteiger partial charge is 0.278 e. The zero-order valence-electron chi connectivity index (χ0n) is 14.6. The van der Waals surface area contributed by atoms with Crippen molar-refractivity contribution in [2.75, 3.05) is 0 Å². The molecule has 3 heteroatoms. The molecule has 0 saturated carbocycles. The van der Waals surface area contributed by atoms with Crippen LogP contribution in [-0.2, 0) is 6.42 Å². The first-order valence-electron chi connectivity index (χ1n) is 8.67. The Hall–Kier alpha value is -2.94. The average Bonchev–Trinajstić information content (AvgIpc) is 2.96. The molecule has 4 aromatic rings. The van der Waals surface area contributed by atoms with Crippen molar-refractivity contribution in [2.24, 2.45) is 0 Å². The van der Waals surface area contributed by atoms with E-state index in [9.17, 15) is 0 Å². The van der Waals surface area contributed by atoms with E-state index in [-0.39, 0.29) is 0 Å². The van der Waals surface area contributed by atoms with E-state index in [4.69, 9.17) is 0 Å². The second kappa shape index (κ2) is 6.52. The molecule has 0 atom stereocenters. The number of benzene rings is 2. The van der Waals surface area contributed by atoms with Gasteiger partial charge in [0.05, 0.1) is 11.0 Å². The fourth-order valence-corrected chi connectivity index (χ4v) is 3.32. The second-order valence-corrected chi connectivity index (χ2v) is 6.57. The Morgan fingerprint density at radius 2 is 1.68 bits per heavy atom. The van der Waals surface area contributed by atoms with Crippen molar-refractivity contribution in [1.82, 2.24) is 14.5 Å². The Bertz CT molecular complexity index is 1050.